The van der Waals surface area contributed by atoms with Gasteiger partial charge in [-0.15, -0.1) is 0 Å². The van der Waals surface area contributed by atoms with Gasteiger partial charge < -0.3 is 26.6 Å². The Bertz CT molecular complexity index is 181. The molecule has 0 aliphatic carbocycles. The Morgan fingerprint density at radius 2 is 1.31 bits per heavy atom. The van der Waals surface area contributed by atoms with Crippen LogP contribution in [0, 0.1) is 5.41 Å². The molecule has 0 spiro atoms. The van der Waals surface area contributed by atoms with E-state index in [0.717, 1.165) is 19.6 Å². The van der Waals surface area contributed by atoms with Crippen LogP contribution in [0.25, 0.3) is 0 Å². The molecule has 0 aliphatic rings. The largest absolute Gasteiger partial charge is 0.341 e. The first-order valence-corrected chi connectivity index (χ1v) is 5.53. The Labute approximate surface area is 97.9 Å². The van der Waals surface area contributed by atoms with Crippen LogP contribution in [0.3, 0.4) is 0 Å². The first-order chi connectivity index (χ1) is 7.64. The zero-order valence-corrected chi connectivity index (χ0v) is 10.7. The van der Waals surface area contributed by atoms with Gasteiger partial charge in [-0.3, -0.25) is 0 Å². The van der Waals surface area contributed by atoms with E-state index in [1.807, 2.05) is 21.1 Å². The minimum atomic E-state index is -0.146. The Balaban J connectivity index is 4.39. The van der Waals surface area contributed by atoms with Crippen LogP contribution in [0.4, 0.5) is 4.79 Å². The molecule has 2 amide bonds. The summed E-state index contributed by atoms with van der Waals surface area (Å²) in [6.45, 7) is 3.12. The average Bonchev–Trinajstić information content (AvgIpc) is 2.27. The SMILES string of the molecule is CNCC(CNC)(CNC)CNC(=O)NC. The molecule has 96 valence electrons. The van der Waals surface area contributed by atoms with Gasteiger partial charge in [0.25, 0.3) is 0 Å². The van der Waals surface area contributed by atoms with Gasteiger partial charge in [-0.2, -0.15) is 0 Å². The van der Waals surface area contributed by atoms with Crippen LogP contribution in [0.2, 0.25) is 0 Å². The number of hydrogen-bond acceptors (Lipinski definition) is 4. The second kappa shape index (κ2) is 8.32. The number of rotatable bonds is 8. The van der Waals surface area contributed by atoms with Crippen LogP contribution in [0.1, 0.15) is 0 Å². The van der Waals surface area contributed by atoms with E-state index in [1.54, 1.807) is 7.05 Å². The summed E-state index contributed by atoms with van der Waals surface area (Å²) in [5, 5.41) is 14.9. The van der Waals surface area contributed by atoms with Crippen molar-refractivity contribution >= 4 is 6.03 Å². The fourth-order valence-electron chi connectivity index (χ4n) is 1.86. The van der Waals surface area contributed by atoms with Crippen molar-refractivity contribution in [3.8, 4) is 0 Å². The highest BCUT2D eigenvalue weighted by Crippen LogP contribution is 2.12. The van der Waals surface area contributed by atoms with Crippen molar-refractivity contribution in [1.82, 2.24) is 26.6 Å². The molecular formula is C10H25N5O. The predicted octanol–water partition coefficient (Wildman–Crippen LogP) is -1.44. The molecule has 6 heteroatoms. The fraction of sp³-hybridized carbons (Fsp3) is 0.900. The van der Waals surface area contributed by atoms with Gasteiger partial charge in [-0.1, -0.05) is 0 Å². The van der Waals surface area contributed by atoms with Gasteiger partial charge in [0.1, 0.15) is 0 Å². The van der Waals surface area contributed by atoms with E-state index in [1.165, 1.54) is 0 Å². The van der Waals surface area contributed by atoms with Crippen molar-refractivity contribution < 1.29 is 4.79 Å². The second-order valence-electron chi connectivity index (χ2n) is 4.02. The molecule has 0 atom stereocenters. The molecule has 0 aromatic heterocycles. The van der Waals surface area contributed by atoms with E-state index >= 15 is 0 Å². The molecule has 0 unspecified atom stereocenters. The topological polar surface area (TPSA) is 77.2 Å². The zero-order valence-electron chi connectivity index (χ0n) is 10.7. The van der Waals surface area contributed by atoms with Gasteiger partial charge in [-0.25, -0.2) is 4.79 Å². The molecule has 0 bridgehead atoms. The van der Waals surface area contributed by atoms with Crippen LogP contribution < -0.4 is 26.6 Å². The summed E-state index contributed by atoms with van der Waals surface area (Å²) in [7, 11) is 7.37. The minimum Gasteiger partial charge on any atom is -0.341 e. The lowest BCUT2D eigenvalue weighted by molar-refractivity contribution is 0.223. The van der Waals surface area contributed by atoms with Crippen LogP contribution in [0.5, 0.6) is 0 Å². The van der Waals surface area contributed by atoms with E-state index in [4.69, 9.17) is 0 Å². The van der Waals surface area contributed by atoms with Gasteiger partial charge in [0, 0.05) is 38.6 Å². The maximum Gasteiger partial charge on any atom is 0.314 e. The van der Waals surface area contributed by atoms with Crippen LogP contribution in [-0.4, -0.2) is 60.4 Å². The Hall–Kier alpha value is -0.850. The standard InChI is InChI=1S/C10H25N5O/c1-11-5-10(6-12-2,7-13-3)8-15-9(16)14-4/h11-13H,5-8H2,1-4H3,(H2,14,15,16). The van der Waals surface area contributed by atoms with E-state index in [2.05, 4.69) is 26.6 Å². The van der Waals surface area contributed by atoms with E-state index in [0.29, 0.717) is 6.54 Å². The number of urea groups is 1. The molecule has 0 aliphatic heterocycles. The molecule has 0 saturated heterocycles. The molecular weight excluding hydrogens is 206 g/mol. The maximum absolute atomic E-state index is 11.2. The lowest BCUT2D eigenvalue weighted by atomic mass is 9.87. The second-order valence-corrected chi connectivity index (χ2v) is 4.02. The average molecular weight is 231 g/mol. The van der Waals surface area contributed by atoms with Crippen LogP contribution >= 0.6 is 0 Å². The van der Waals surface area contributed by atoms with Crippen molar-refractivity contribution in [2.24, 2.45) is 5.41 Å². The molecule has 0 radical (unpaired) electrons. The zero-order chi connectivity index (χ0) is 12.4. The highest BCUT2D eigenvalue weighted by molar-refractivity contribution is 5.73. The molecule has 16 heavy (non-hydrogen) atoms. The third-order valence-corrected chi connectivity index (χ3v) is 2.51. The van der Waals surface area contributed by atoms with E-state index in [-0.39, 0.29) is 11.4 Å². The summed E-state index contributed by atoms with van der Waals surface area (Å²) >= 11 is 0. The van der Waals surface area contributed by atoms with Gasteiger partial charge in [0.05, 0.1) is 0 Å². The number of carbonyl (C=O) groups is 1. The Kier molecular flexibility index (Phi) is 7.88. The van der Waals surface area contributed by atoms with Crippen molar-refractivity contribution in [1.29, 1.82) is 0 Å². The van der Waals surface area contributed by atoms with Crippen molar-refractivity contribution in [3.63, 3.8) is 0 Å². The quantitative estimate of drug-likeness (QED) is 0.355. The first-order valence-electron chi connectivity index (χ1n) is 5.53. The summed E-state index contributed by atoms with van der Waals surface area (Å²) in [6, 6.07) is -0.146. The van der Waals surface area contributed by atoms with Crippen molar-refractivity contribution in [2.75, 3.05) is 54.4 Å². The molecule has 0 aromatic rings. The van der Waals surface area contributed by atoms with Gasteiger partial charge in [0.15, 0.2) is 0 Å². The first kappa shape index (κ1) is 15.2. The predicted molar refractivity (Wildman–Crippen MR) is 66.7 cm³/mol. The summed E-state index contributed by atoms with van der Waals surface area (Å²) in [6.07, 6.45) is 0. The van der Waals surface area contributed by atoms with Gasteiger partial charge >= 0.3 is 6.03 Å². The fourth-order valence-corrected chi connectivity index (χ4v) is 1.86. The van der Waals surface area contributed by atoms with E-state index in [9.17, 15) is 4.79 Å². The molecule has 0 aromatic carbocycles. The Morgan fingerprint density at radius 1 is 0.875 bits per heavy atom. The molecule has 6 nitrogen and oxygen atoms in total. The highest BCUT2D eigenvalue weighted by atomic mass is 16.2. The maximum atomic E-state index is 11.2. The highest BCUT2D eigenvalue weighted by Gasteiger charge is 2.28. The minimum absolute atomic E-state index is 0.0231. The summed E-state index contributed by atoms with van der Waals surface area (Å²) < 4.78 is 0. The Morgan fingerprint density at radius 3 is 1.62 bits per heavy atom. The monoisotopic (exact) mass is 231 g/mol. The van der Waals surface area contributed by atoms with Crippen LogP contribution in [0.15, 0.2) is 0 Å². The lowest BCUT2D eigenvalue weighted by Gasteiger charge is -2.33. The third kappa shape index (κ3) is 5.29. The number of amides is 2. The van der Waals surface area contributed by atoms with Gasteiger partial charge in [0.2, 0.25) is 0 Å². The van der Waals surface area contributed by atoms with Crippen LogP contribution in [-0.2, 0) is 0 Å². The summed E-state index contributed by atoms with van der Waals surface area (Å²) in [4.78, 5) is 11.2. The number of nitrogens with one attached hydrogen (secondary N) is 5. The third-order valence-electron chi connectivity index (χ3n) is 2.51. The number of hydrogen-bond donors (Lipinski definition) is 5. The molecule has 0 rings (SSSR count). The summed E-state index contributed by atoms with van der Waals surface area (Å²) in [5.74, 6) is 0. The number of carbonyl (C=O) groups excluding carboxylic acids is 1. The molecule has 0 saturated carbocycles. The van der Waals surface area contributed by atoms with Gasteiger partial charge in [-0.05, 0) is 21.1 Å². The molecule has 5 N–H and O–H groups in total. The molecule has 0 fully saturated rings. The summed E-state index contributed by atoms with van der Waals surface area (Å²) in [5.41, 5.74) is -0.0231. The van der Waals surface area contributed by atoms with E-state index < -0.39 is 0 Å². The lowest BCUT2D eigenvalue weighted by Crippen LogP contribution is -2.54. The molecule has 0 heterocycles. The van der Waals surface area contributed by atoms with Crippen molar-refractivity contribution in [3.05, 3.63) is 0 Å². The van der Waals surface area contributed by atoms with Crippen molar-refractivity contribution in [2.45, 2.75) is 0 Å². The normalized spacial score (nSPS) is 11.2. The smallest absolute Gasteiger partial charge is 0.314 e.